The van der Waals surface area contributed by atoms with Crippen LogP contribution < -0.4 is 0 Å². The van der Waals surface area contributed by atoms with Crippen molar-refractivity contribution in [1.82, 2.24) is 4.90 Å². The minimum Gasteiger partial charge on any atom is -0.299 e. The van der Waals surface area contributed by atoms with Gasteiger partial charge in [-0.1, -0.05) is 33.1 Å². The first kappa shape index (κ1) is 8.55. The summed E-state index contributed by atoms with van der Waals surface area (Å²) in [5, 5.41) is 0. The molecule has 1 heterocycles. The Balaban J connectivity index is 1.79. The van der Waals surface area contributed by atoms with Gasteiger partial charge in [-0.05, 0) is 18.3 Å². The van der Waals surface area contributed by atoms with Gasteiger partial charge in [0.15, 0.2) is 0 Å². The molecule has 0 spiro atoms. The van der Waals surface area contributed by atoms with E-state index >= 15 is 0 Å². The van der Waals surface area contributed by atoms with Crippen molar-refractivity contribution in [2.75, 3.05) is 13.1 Å². The molecule has 0 aromatic heterocycles. The SMILES string of the molecule is CC1(C)CN(C2CCCCC2)C1. The lowest BCUT2D eigenvalue weighted by Gasteiger charge is -2.51. The van der Waals surface area contributed by atoms with Crippen LogP contribution in [0, 0.1) is 5.41 Å². The molecule has 0 amide bonds. The molecule has 1 nitrogen and oxygen atoms in total. The largest absolute Gasteiger partial charge is 0.299 e. The summed E-state index contributed by atoms with van der Waals surface area (Å²) in [5.41, 5.74) is 0.622. The third-order valence-electron chi connectivity index (χ3n) is 3.35. The van der Waals surface area contributed by atoms with Crippen LogP contribution in [0.25, 0.3) is 0 Å². The highest BCUT2D eigenvalue weighted by Gasteiger charge is 2.37. The molecule has 0 N–H and O–H groups in total. The van der Waals surface area contributed by atoms with Gasteiger partial charge in [0.05, 0.1) is 0 Å². The van der Waals surface area contributed by atoms with Gasteiger partial charge >= 0.3 is 0 Å². The first-order chi connectivity index (χ1) is 5.67. The van der Waals surface area contributed by atoms with E-state index in [1.165, 1.54) is 45.2 Å². The first-order valence-corrected chi connectivity index (χ1v) is 5.41. The van der Waals surface area contributed by atoms with Crippen molar-refractivity contribution in [2.24, 2.45) is 5.41 Å². The Labute approximate surface area is 76.1 Å². The average molecular weight is 167 g/mol. The van der Waals surface area contributed by atoms with E-state index < -0.39 is 0 Å². The highest BCUT2D eigenvalue weighted by atomic mass is 15.2. The maximum Gasteiger partial charge on any atom is 0.00957 e. The standard InChI is InChI=1S/C11H21N/c1-11(2)8-12(9-11)10-6-4-3-5-7-10/h10H,3-9H2,1-2H3. The summed E-state index contributed by atoms with van der Waals surface area (Å²) < 4.78 is 0. The molecule has 0 aromatic rings. The van der Waals surface area contributed by atoms with E-state index in [0.29, 0.717) is 5.41 Å². The zero-order chi connectivity index (χ0) is 8.60. The molecule has 1 saturated carbocycles. The molecule has 2 aliphatic rings. The Kier molecular flexibility index (Phi) is 2.16. The highest BCUT2D eigenvalue weighted by molar-refractivity contribution is 4.92. The minimum atomic E-state index is 0.622. The van der Waals surface area contributed by atoms with Crippen LogP contribution in [0.15, 0.2) is 0 Å². The van der Waals surface area contributed by atoms with Gasteiger partial charge in [-0.3, -0.25) is 4.90 Å². The van der Waals surface area contributed by atoms with Gasteiger partial charge in [0.2, 0.25) is 0 Å². The molecule has 1 aliphatic heterocycles. The van der Waals surface area contributed by atoms with E-state index in [1.54, 1.807) is 0 Å². The van der Waals surface area contributed by atoms with E-state index in [2.05, 4.69) is 18.7 Å². The summed E-state index contributed by atoms with van der Waals surface area (Å²) in [6, 6.07) is 0.951. The van der Waals surface area contributed by atoms with Crippen LogP contribution in [0.2, 0.25) is 0 Å². The normalized spacial score (nSPS) is 31.5. The van der Waals surface area contributed by atoms with Crippen LogP contribution in [-0.4, -0.2) is 24.0 Å². The summed E-state index contributed by atoms with van der Waals surface area (Å²) in [5.74, 6) is 0. The minimum absolute atomic E-state index is 0.622. The number of hydrogen-bond acceptors (Lipinski definition) is 1. The molecule has 2 rings (SSSR count). The van der Waals surface area contributed by atoms with Crippen LogP contribution in [0.3, 0.4) is 0 Å². The van der Waals surface area contributed by atoms with E-state index in [1.807, 2.05) is 0 Å². The fourth-order valence-electron chi connectivity index (χ4n) is 2.76. The average Bonchev–Trinajstić information content (AvgIpc) is 2.02. The Morgan fingerprint density at radius 2 is 1.58 bits per heavy atom. The van der Waals surface area contributed by atoms with E-state index in [0.717, 1.165) is 6.04 Å². The monoisotopic (exact) mass is 167 g/mol. The lowest BCUT2D eigenvalue weighted by molar-refractivity contribution is -0.0175. The summed E-state index contributed by atoms with van der Waals surface area (Å²) in [6.45, 7) is 7.45. The Hall–Kier alpha value is -0.0400. The van der Waals surface area contributed by atoms with E-state index in [9.17, 15) is 0 Å². The molecule has 0 atom stereocenters. The predicted molar refractivity (Wildman–Crippen MR) is 52.2 cm³/mol. The maximum absolute atomic E-state index is 2.69. The molecule has 2 fully saturated rings. The number of nitrogens with zero attached hydrogens (tertiary/aromatic N) is 1. The Morgan fingerprint density at radius 1 is 1.00 bits per heavy atom. The molecular weight excluding hydrogens is 146 g/mol. The summed E-state index contributed by atoms with van der Waals surface area (Å²) in [6.07, 6.45) is 7.36. The summed E-state index contributed by atoms with van der Waals surface area (Å²) in [7, 11) is 0. The zero-order valence-corrected chi connectivity index (χ0v) is 8.47. The smallest absolute Gasteiger partial charge is 0.00957 e. The molecule has 0 aromatic carbocycles. The van der Waals surface area contributed by atoms with Crippen molar-refractivity contribution in [3.63, 3.8) is 0 Å². The number of likely N-dealkylation sites (tertiary alicyclic amines) is 1. The van der Waals surface area contributed by atoms with Crippen molar-refractivity contribution in [3.05, 3.63) is 0 Å². The first-order valence-electron chi connectivity index (χ1n) is 5.41. The lowest BCUT2D eigenvalue weighted by Crippen LogP contribution is -2.57. The summed E-state index contributed by atoms with van der Waals surface area (Å²) in [4.78, 5) is 2.69. The van der Waals surface area contributed by atoms with Gasteiger partial charge in [0, 0.05) is 19.1 Å². The van der Waals surface area contributed by atoms with Gasteiger partial charge in [-0.25, -0.2) is 0 Å². The van der Waals surface area contributed by atoms with Gasteiger partial charge < -0.3 is 0 Å². The third-order valence-corrected chi connectivity index (χ3v) is 3.35. The predicted octanol–water partition coefficient (Wildman–Crippen LogP) is 2.66. The highest BCUT2D eigenvalue weighted by Crippen LogP contribution is 2.34. The topological polar surface area (TPSA) is 3.24 Å². The molecule has 1 saturated heterocycles. The Bertz CT molecular complexity index is 148. The van der Waals surface area contributed by atoms with Gasteiger partial charge in [-0.15, -0.1) is 0 Å². The molecule has 0 radical (unpaired) electrons. The third kappa shape index (κ3) is 1.66. The van der Waals surface area contributed by atoms with Crippen molar-refractivity contribution in [1.29, 1.82) is 0 Å². The molecule has 1 aliphatic carbocycles. The molecule has 0 unspecified atom stereocenters. The van der Waals surface area contributed by atoms with Crippen molar-refractivity contribution in [2.45, 2.75) is 52.0 Å². The van der Waals surface area contributed by atoms with Crippen LogP contribution >= 0.6 is 0 Å². The van der Waals surface area contributed by atoms with E-state index in [4.69, 9.17) is 0 Å². The quantitative estimate of drug-likeness (QED) is 0.580. The maximum atomic E-state index is 2.69. The van der Waals surface area contributed by atoms with Gasteiger partial charge in [-0.2, -0.15) is 0 Å². The van der Waals surface area contributed by atoms with Crippen molar-refractivity contribution >= 4 is 0 Å². The van der Waals surface area contributed by atoms with Gasteiger partial charge in [0.1, 0.15) is 0 Å². The van der Waals surface area contributed by atoms with Gasteiger partial charge in [0.25, 0.3) is 0 Å². The van der Waals surface area contributed by atoms with Crippen LogP contribution in [0.5, 0.6) is 0 Å². The Morgan fingerprint density at radius 3 is 2.08 bits per heavy atom. The lowest BCUT2D eigenvalue weighted by atomic mass is 9.81. The van der Waals surface area contributed by atoms with Crippen LogP contribution in [0.4, 0.5) is 0 Å². The van der Waals surface area contributed by atoms with Crippen LogP contribution in [0.1, 0.15) is 46.0 Å². The number of hydrogen-bond donors (Lipinski definition) is 0. The second kappa shape index (κ2) is 3.02. The van der Waals surface area contributed by atoms with Crippen LogP contribution in [-0.2, 0) is 0 Å². The molecule has 70 valence electrons. The molecule has 0 bridgehead atoms. The zero-order valence-electron chi connectivity index (χ0n) is 8.47. The molecule has 1 heteroatoms. The van der Waals surface area contributed by atoms with Crippen molar-refractivity contribution < 1.29 is 0 Å². The van der Waals surface area contributed by atoms with E-state index in [-0.39, 0.29) is 0 Å². The van der Waals surface area contributed by atoms with Crippen molar-refractivity contribution in [3.8, 4) is 0 Å². The summed E-state index contributed by atoms with van der Waals surface area (Å²) >= 11 is 0. The second-order valence-corrected chi connectivity index (χ2v) is 5.36. The molecule has 12 heavy (non-hydrogen) atoms. The molecular formula is C11H21N. The fraction of sp³-hybridized carbons (Fsp3) is 1.00. The fourth-order valence-corrected chi connectivity index (χ4v) is 2.76. The second-order valence-electron chi connectivity index (χ2n) is 5.36. The number of rotatable bonds is 1.